The number of rotatable bonds is 8. The second-order valence-corrected chi connectivity index (χ2v) is 5.16. The van der Waals surface area contributed by atoms with Crippen LogP contribution in [0.3, 0.4) is 0 Å². The number of carbonyl (C=O) groups excluding carboxylic acids is 2. The van der Waals surface area contributed by atoms with Crippen LogP contribution < -0.4 is 16.4 Å². The van der Waals surface area contributed by atoms with Crippen LogP contribution in [0.2, 0.25) is 0 Å². The molecule has 0 aromatic carbocycles. The van der Waals surface area contributed by atoms with Crippen molar-refractivity contribution in [1.29, 1.82) is 0 Å². The lowest BCUT2D eigenvalue weighted by Gasteiger charge is -2.26. The van der Waals surface area contributed by atoms with Gasteiger partial charge in [-0.1, -0.05) is 19.8 Å². The summed E-state index contributed by atoms with van der Waals surface area (Å²) in [7, 11) is 0. The van der Waals surface area contributed by atoms with E-state index in [-0.39, 0.29) is 6.42 Å². The number of unbranched alkanes of at least 4 members (excludes halogenated alkanes) is 1. The third kappa shape index (κ3) is 8.01. The predicted molar refractivity (Wildman–Crippen MR) is 70.5 cm³/mol. The second-order valence-electron chi connectivity index (χ2n) is 5.16. The molecule has 0 spiro atoms. The van der Waals surface area contributed by atoms with Gasteiger partial charge >= 0.3 is 12.0 Å². The van der Waals surface area contributed by atoms with Crippen molar-refractivity contribution in [2.24, 2.45) is 5.73 Å². The Kier molecular flexibility index (Phi) is 6.89. The van der Waals surface area contributed by atoms with Gasteiger partial charge in [0.1, 0.15) is 6.04 Å². The minimum absolute atomic E-state index is 0.0207. The van der Waals surface area contributed by atoms with Gasteiger partial charge in [0.2, 0.25) is 5.91 Å². The minimum atomic E-state index is -1.07. The first kappa shape index (κ1) is 17.2. The fourth-order valence-electron chi connectivity index (χ4n) is 1.65. The molecule has 0 aliphatic rings. The highest BCUT2D eigenvalue weighted by atomic mass is 16.4. The van der Waals surface area contributed by atoms with Gasteiger partial charge in [0.25, 0.3) is 0 Å². The molecule has 0 aliphatic heterocycles. The number of aliphatic carboxylic acids is 1. The van der Waals surface area contributed by atoms with E-state index in [2.05, 4.69) is 10.6 Å². The molecule has 110 valence electrons. The summed E-state index contributed by atoms with van der Waals surface area (Å²) in [6, 6.07) is -1.54. The van der Waals surface area contributed by atoms with Crippen molar-refractivity contribution in [3.8, 4) is 0 Å². The SMILES string of the molecule is CCCC[C@H](NC(=O)NC(C)(C)CC(N)=O)C(=O)O. The summed E-state index contributed by atoms with van der Waals surface area (Å²) >= 11 is 0. The monoisotopic (exact) mass is 273 g/mol. The fourth-order valence-corrected chi connectivity index (χ4v) is 1.65. The lowest BCUT2D eigenvalue weighted by atomic mass is 10.0. The highest BCUT2D eigenvalue weighted by Crippen LogP contribution is 2.07. The molecule has 19 heavy (non-hydrogen) atoms. The molecule has 5 N–H and O–H groups in total. The molecule has 3 amide bonds. The predicted octanol–water partition coefficient (Wildman–Crippen LogP) is 0.583. The van der Waals surface area contributed by atoms with Crippen molar-refractivity contribution in [2.75, 3.05) is 0 Å². The van der Waals surface area contributed by atoms with E-state index < -0.39 is 29.5 Å². The molecular weight excluding hydrogens is 250 g/mol. The third-order valence-electron chi connectivity index (χ3n) is 2.52. The number of nitrogens with one attached hydrogen (secondary N) is 2. The first-order valence-corrected chi connectivity index (χ1v) is 6.27. The molecule has 7 nitrogen and oxygen atoms in total. The van der Waals surface area contributed by atoms with Crippen molar-refractivity contribution >= 4 is 17.9 Å². The summed E-state index contributed by atoms with van der Waals surface area (Å²) in [5, 5.41) is 13.9. The first-order valence-electron chi connectivity index (χ1n) is 6.27. The Morgan fingerprint density at radius 1 is 1.32 bits per heavy atom. The summed E-state index contributed by atoms with van der Waals surface area (Å²) in [5.74, 6) is -1.61. The maximum Gasteiger partial charge on any atom is 0.326 e. The molecular formula is C12H23N3O4. The van der Waals surface area contributed by atoms with Gasteiger partial charge in [0, 0.05) is 12.0 Å². The highest BCUT2D eigenvalue weighted by molar-refractivity contribution is 5.83. The molecule has 0 bridgehead atoms. The topological polar surface area (TPSA) is 122 Å². The van der Waals surface area contributed by atoms with E-state index in [9.17, 15) is 14.4 Å². The van der Waals surface area contributed by atoms with Gasteiger partial charge in [0.15, 0.2) is 0 Å². The number of carboxylic acids is 1. The van der Waals surface area contributed by atoms with Crippen LogP contribution >= 0.6 is 0 Å². The molecule has 0 rings (SSSR count). The summed E-state index contributed by atoms with van der Waals surface area (Å²) in [4.78, 5) is 33.5. The number of hydrogen-bond acceptors (Lipinski definition) is 3. The highest BCUT2D eigenvalue weighted by Gasteiger charge is 2.25. The maximum absolute atomic E-state index is 11.7. The third-order valence-corrected chi connectivity index (χ3v) is 2.52. The number of carbonyl (C=O) groups is 3. The molecule has 0 aromatic rings. The molecule has 0 saturated heterocycles. The van der Waals surface area contributed by atoms with Gasteiger partial charge in [-0.15, -0.1) is 0 Å². The van der Waals surface area contributed by atoms with Crippen LogP contribution in [0.25, 0.3) is 0 Å². The van der Waals surface area contributed by atoms with Crippen LogP contribution in [0, 0.1) is 0 Å². The zero-order chi connectivity index (χ0) is 15.1. The van der Waals surface area contributed by atoms with Gasteiger partial charge in [-0.05, 0) is 20.3 Å². The summed E-state index contributed by atoms with van der Waals surface area (Å²) in [5.41, 5.74) is 4.25. The van der Waals surface area contributed by atoms with Crippen molar-refractivity contribution in [2.45, 2.75) is 58.0 Å². The molecule has 0 heterocycles. The maximum atomic E-state index is 11.7. The molecule has 0 saturated carbocycles. The van der Waals surface area contributed by atoms with E-state index in [1.807, 2.05) is 6.92 Å². The van der Waals surface area contributed by atoms with Crippen molar-refractivity contribution < 1.29 is 19.5 Å². The van der Waals surface area contributed by atoms with Gasteiger partial charge in [0.05, 0.1) is 0 Å². The van der Waals surface area contributed by atoms with Crippen LogP contribution in [0.4, 0.5) is 4.79 Å². The van der Waals surface area contributed by atoms with Crippen LogP contribution in [-0.2, 0) is 9.59 Å². The van der Waals surface area contributed by atoms with Gasteiger partial charge in [-0.2, -0.15) is 0 Å². The van der Waals surface area contributed by atoms with Crippen molar-refractivity contribution in [3.63, 3.8) is 0 Å². The molecule has 0 aromatic heterocycles. The Balaban J connectivity index is 4.40. The Morgan fingerprint density at radius 2 is 1.89 bits per heavy atom. The zero-order valence-electron chi connectivity index (χ0n) is 11.7. The van der Waals surface area contributed by atoms with Gasteiger partial charge < -0.3 is 21.5 Å². The van der Waals surface area contributed by atoms with E-state index >= 15 is 0 Å². The average Bonchev–Trinajstić information content (AvgIpc) is 2.20. The summed E-state index contributed by atoms with van der Waals surface area (Å²) in [6.45, 7) is 5.22. The Hall–Kier alpha value is -1.79. The van der Waals surface area contributed by atoms with E-state index in [0.717, 1.165) is 6.42 Å². The Bertz CT molecular complexity index is 342. The first-order chi connectivity index (χ1) is 8.68. The molecule has 0 unspecified atom stereocenters. The largest absolute Gasteiger partial charge is 0.480 e. The van der Waals surface area contributed by atoms with Crippen LogP contribution in [0.1, 0.15) is 46.5 Å². The normalized spacial score (nSPS) is 12.6. The van der Waals surface area contributed by atoms with E-state index in [1.54, 1.807) is 13.8 Å². The number of primary amides is 1. The molecule has 0 fully saturated rings. The minimum Gasteiger partial charge on any atom is -0.480 e. The van der Waals surface area contributed by atoms with E-state index in [1.165, 1.54) is 0 Å². The number of amides is 3. The zero-order valence-corrected chi connectivity index (χ0v) is 11.7. The average molecular weight is 273 g/mol. The van der Waals surface area contributed by atoms with Crippen molar-refractivity contribution in [3.05, 3.63) is 0 Å². The van der Waals surface area contributed by atoms with Gasteiger partial charge in [-0.25, -0.2) is 9.59 Å². The van der Waals surface area contributed by atoms with E-state index in [0.29, 0.717) is 12.8 Å². The standard InChI is InChI=1S/C12H23N3O4/c1-4-5-6-8(10(17)18)14-11(19)15-12(2,3)7-9(13)16/h8H,4-7H2,1-3H3,(H2,13,16)(H,17,18)(H2,14,15,19)/t8-/m0/s1. The smallest absolute Gasteiger partial charge is 0.326 e. The number of urea groups is 1. The molecule has 0 radical (unpaired) electrons. The van der Waals surface area contributed by atoms with Gasteiger partial charge in [-0.3, -0.25) is 4.79 Å². The fraction of sp³-hybridized carbons (Fsp3) is 0.750. The molecule has 7 heteroatoms. The van der Waals surface area contributed by atoms with Crippen molar-refractivity contribution in [1.82, 2.24) is 10.6 Å². The number of hydrogen-bond donors (Lipinski definition) is 4. The lowest BCUT2D eigenvalue weighted by molar-refractivity contribution is -0.139. The van der Waals surface area contributed by atoms with Crippen LogP contribution in [-0.4, -0.2) is 34.6 Å². The summed E-state index contributed by atoms with van der Waals surface area (Å²) in [6.07, 6.45) is 1.91. The molecule has 1 atom stereocenters. The quantitative estimate of drug-likeness (QED) is 0.516. The Morgan fingerprint density at radius 3 is 2.32 bits per heavy atom. The lowest BCUT2D eigenvalue weighted by Crippen LogP contribution is -2.53. The number of carboxylic acid groups (broad SMARTS) is 1. The van der Waals surface area contributed by atoms with E-state index in [4.69, 9.17) is 10.8 Å². The Labute approximate surface area is 112 Å². The van der Waals surface area contributed by atoms with Crippen LogP contribution in [0.15, 0.2) is 0 Å². The second kappa shape index (κ2) is 7.60. The number of nitrogens with two attached hydrogens (primary N) is 1. The molecule has 0 aliphatic carbocycles. The van der Waals surface area contributed by atoms with Crippen LogP contribution in [0.5, 0.6) is 0 Å². The summed E-state index contributed by atoms with van der Waals surface area (Å²) < 4.78 is 0.